The number of hydrogen-bond donors (Lipinski definition) is 2. The molecule has 10 nitrogen and oxygen atoms in total. The van der Waals surface area contributed by atoms with E-state index in [1.54, 1.807) is 17.2 Å². The number of ether oxygens (including phenoxy) is 1. The molecule has 3 aliphatic rings. The summed E-state index contributed by atoms with van der Waals surface area (Å²) in [6.45, 7) is 10.6. The number of carbonyl (C=O) groups excluding carboxylic acids is 2. The molecule has 2 amide bonds. The summed E-state index contributed by atoms with van der Waals surface area (Å²) in [5.41, 5.74) is 0.804. The fourth-order valence-corrected chi connectivity index (χ4v) is 4.75. The van der Waals surface area contributed by atoms with Gasteiger partial charge in [0.25, 0.3) is 11.8 Å². The topological polar surface area (TPSA) is 103 Å². The molecule has 2 N–H and O–H groups in total. The van der Waals surface area contributed by atoms with Crippen LogP contribution in [0.4, 0.5) is 11.8 Å². The smallest absolute Gasteiger partial charge is 0.289 e. The lowest BCUT2D eigenvalue weighted by molar-refractivity contribution is -0.137. The van der Waals surface area contributed by atoms with E-state index in [9.17, 15) is 9.59 Å². The summed E-state index contributed by atoms with van der Waals surface area (Å²) in [7, 11) is 1.53. The van der Waals surface area contributed by atoms with Gasteiger partial charge < -0.3 is 30.1 Å². The van der Waals surface area contributed by atoms with Crippen LogP contribution < -0.4 is 15.5 Å². The van der Waals surface area contributed by atoms with Crippen LogP contribution in [0.1, 0.15) is 20.8 Å². The molecule has 0 saturated carbocycles. The number of halogens is 1. The Hall–Kier alpha value is -3.11. The molecule has 36 heavy (non-hydrogen) atoms. The van der Waals surface area contributed by atoms with E-state index in [1.807, 2.05) is 32.1 Å². The zero-order valence-corrected chi connectivity index (χ0v) is 22.0. The molecule has 1 aromatic rings. The third-order valence-electron chi connectivity index (χ3n) is 6.64. The Morgan fingerprint density at radius 2 is 2.00 bits per heavy atom. The number of allylic oxidation sites excluding steroid dienone is 1. The lowest BCUT2D eigenvalue weighted by atomic mass is 9.87. The molecule has 2 aliphatic heterocycles. The van der Waals surface area contributed by atoms with Gasteiger partial charge in [0.05, 0.1) is 12.2 Å². The number of piperazine rings is 1. The minimum atomic E-state index is -0.298. The first-order valence-electron chi connectivity index (χ1n) is 12.4. The molecule has 0 bridgehead atoms. The van der Waals surface area contributed by atoms with E-state index in [0.29, 0.717) is 16.8 Å². The Labute approximate surface area is 217 Å². The lowest BCUT2D eigenvalue weighted by Crippen LogP contribution is -2.51. The maximum Gasteiger partial charge on any atom is 0.289 e. The lowest BCUT2D eigenvalue weighted by Gasteiger charge is -2.41. The maximum atomic E-state index is 13.1. The van der Waals surface area contributed by atoms with E-state index >= 15 is 0 Å². The van der Waals surface area contributed by atoms with Crippen molar-refractivity contribution in [1.82, 2.24) is 25.1 Å². The van der Waals surface area contributed by atoms with Gasteiger partial charge in [-0.3, -0.25) is 9.59 Å². The van der Waals surface area contributed by atoms with Crippen LogP contribution in [0.25, 0.3) is 0 Å². The molecule has 2 unspecified atom stereocenters. The quantitative estimate of drug-likeness (QED) is 0.542. The molecule has 194 valence electrons. The molecule has 4 rings (SSSR count). The second kappa shape index (κ2) is 11.3. The predicted molar refractivity (Wildman–Crippen MR) is 140 cm³/mol. The molecular weight excluding hydrogens is 482 g/mol. The number of rotatable bonds is 8. The van der Waals surface area contributed by atoms with Gasteiger partial charge in [-0.05, 0) is 32.5 Å². The monoisotopic (exact) mass is 515 g/mol. The van der Waals surface area contributed by atoms with Gasteiger partial charge in [0.2, 0.25) is 5.95 Å². The number of nitrogens with one attached hydrogen (secondary N) is 2. The third kappa shape index (κ3) is 5.65. The Morgan fingerprint density at radius 1 is 1.25 bits per heavy atom. The molecule has 1 aromatic heterocycles. The SMILES string of the molecule is CCN1CCN(c2ncc(Cl)c(NC3=CC4C=C(OCC(=O)NC)C(=O)N(C(C)C)C4C=C3)n2)CC1. The molecule has 2 atom stereocenters. The summed E-state index contributed by atoms with van der Waals surface area (Å²) in [6.07, 6.45) is 9.36. The number of anilines is 2. The van der Waals surface area contributed by atoms with Crippen molar-refractivity contribution >= 4 is 35.2 Å². The Bertz CT molecular complexity index is 1080. The number of aromatic nitrogens is 2. The Morgan fingerprint density at radius 3 is 2.67 bits per heavy atom. The van der Waals surface area contributed by atoms with E-state index in [-0.39, 0.29) is 42.2 Å². The number of likely N-dealkylation sites (N-methyl/N-ethyl adjacent to an activating group) is 2. The van der Waals surface area contributed by atoms with Gasteiger partial charge in [-0.1, -0.05) is 30.7 Å². The van der Waals surface area contributed by atoms with Crippen LogP contribution in [0.2, 0.25) is 5.02 Å². The standard InChI is InChI=1S/C25H34ClN7O3/c1-5-31-8-10-32(11-9-31)25-28-14-19(26)23(30-25)29-18-6-7-20-17(12-18)13-21(36-15-22(34)27-4)24(35)33(20)16(2)3/h6-7,12-14,16-17,20H,5,8-11,15H2,1-4H3,(H,27,34)(H,28,29,30). The van der Waals surface area contributed by atoms with Gasteiger partial charge in [0.15, 0.2) is 18.2 Å². The number of amides is 2. The molecular formula is C25H34ClN7O3. The first kappa shape index (κ1) is 26.0. The van der Waals surface area contributed by atoms with Crippen LogP contribution in [-0.4, -0.2) is 90.0 Å². The summed E-state index contributed by atoms with van der Waals surface area (Å²) in [5, 5.41) is 6.26. The van der Waals surface area contributed by atoms with Crippen molar-refractivity contribution in [2.75, 3.05) is 56.6 Å². The second-order valence-electron chi connectivity index (χ2n) is 9.26. The Balaban J connectivity index is 1.54. The number of carbonyl (C=O) groups is 2. The van der Waals surface area contributed by atoms with Crippen molar-refractivity contribution < 1.29 is 14.3 Å². The van der Waals surface area contributed by atoms with E-state index in [4.69, 9.17) is 21.3 Å². The van der Waals surface area contributed by atoms with Gasteiger partial charge >= 0.3 is 0 Å². The van der Waals surface area contributed by atoms with Gasteiger partial charge in [-0.2, -0.15) is 4.98 Å². The van der Waals surface area contributed by atoms with E-state index in [0.717, 1.165) is 38.4 Å². The average Bonchev–Trinajstić information content (AvgIpc) is 2.88. The zero-order valence-electron chi connectivity index (χ0n) is 21.2. The zero-order chi connectivity index (χ0) is 25.8. The van der Waals surface area contributed by atoms with E-state index in [1.165, 1.54) is 7.05 Å². The largest absolute Gasteiger partial charge is 0.478 e. The highest BCUT2D eigenvalue weighted by atomic mass is 35.5. The summed E-state index contributed by atoms with van der Waals surface area (Å²) < 4.78 is 5.58. The number of nitrogens with zero attached hydrogens (tertiary/aromatic N) is 5. The van der Waals surface area contributed by atoms with Crippen LogP contribution >= 0.6 is 11.6 Å². The summed E-state index contributed by atoms with van der Waals surface area (Å²) in [4.78, 5) is 40.2. The van der Waals surface area contributed by atoms with Crippen molar-refractivity contribution in [1.29, 1.82) is 0 Å². The average molecular weight is 516 g/mol. The molecule has 0 spiro atoms. The van der Waals surface area contributed by atoms with Crippen LogP contribution in [0.15, 0.2) is 42.0 Å². The summed E-state index contributed by atoms with van der Waals surface area (Å²) >= 11 is 6.44. The van der Waals surface area contributed by atoms with Crippen molar-refractivity contribution in [3.8, 4) is 0 Å². The molecule has 11 heteroatoms. The molecule has 3 heterocycles. The highest BCUT2D eigenvalue weighted by Crippen LogP contribution is 2.33. The minimum absolute atomic E-state index is 0.0445. The van der Waals surface area contributed by atoms with Crippen molar-refractivity contribution in [3.63, 3.8) is 0 Å². The third-order valence-corrected chi connectivity index (χ3v) is 6.92. The predicted octanol–water partition coefficient (Wildman–Crippen LogP) is 2.02. The van der Waals surface area contributed by atoms with Crippen molar-refractivity contribution in [2.45, 2.75) is 32.9 Å². The fraction of sp³-hybridized carbons (Fsp3) is 0.520. The number of hydrogen-bond acceptors (Lipinski definition) is 8. The highest BCUT2D eigenvalue weighted by molar-refractivity contribution is 6.32. The van der Waals surface area contributed by atoms with Gasteiger partial charge in [0.1, 0.15) is 5.02 Å². The first-order valence-corrected chi connectivity index (χ1v) is 12.7. The minimum Gasteiger partial charge on any atom is -0.478 e. The van der Waals surface area contributed by atoms with Gasteiger partial charge in [-0.15, -0.1) is 0 Å². The van der Waals surface area contributed by atoms with Crippen LogP contribution in [-0.2, 0) is 14.3 Å². The van der Waals surface area contributed by atoms with Crippen LogP contribution in [0.3, 0.4) is 0 Å². The molecule has 1 aliphatic carbocycles. The normalized spacial score (nSPS) is 22.2. The molecule has 1 fully saturated rings. The van der Waals surface area contributed by atoms with Gasteiger partial charge in [-0.25, -0.2) is 4.98 Å². The summed E-state index contributed by atoms with van der Waals surface area (Å²) in [6, 6.07) is -0.196. The van der Waals surface area contributed by atoms with Gasteiger partial charge in [0, 0.05) is 50.9 Å². The van der Waals surface area contributed by atoms with Crippen molar-refractivity contribution in [2.24, 2.45) is 5.92 Å². The van der Waals surface area contributed by atoms with E-state index < -0.39 is 0 Å². The highest BCUT2D eigenvalue weighted by Gasteiger charge is 2.38. The maximum absolute atomic E-state index is 13.1. The first-order chi connectivity index (χ1) is 17.3. The van der Waals surface area contributed by atoms with Crippen molar-refractivity contribution in [3.05, 3.63) is 47.0 Å². The van der Waals surface area contributed by atoms with E-state index in [2.05, 4.69) is 32.3 Å². The number of fused-ring (bicyclic) bond motifs is 1. The Kier molecular flexibility index (Phi) is 8.15. The fourth-order valence-electron chi connectivity index (χ4n) is 4.61. The second-order valence-corrected chi connectivity index (χ2v) is 9.67. The van der Waals surface area contributed by atoms with Crippen LogP contribution in [0.5, 0.6) is 0 Å². The molecule has 1 saturated heterocycles. The van der Waals surface area contributed by atoms with Crippen LogP contribution in [0, 0.1) is 5.92 Å². The summed E-state index contributed by atoms with van der Waals surface area (Å²) in [5.74, 6) is 0.689. The molecule has 0 radical (unpaired) electrons. The molecule has 0 aromatic carbocycles.